The van der Waals surface area contributed by atoms with Gasteiger partial charge in [0.15, 0.2) is 5.12 Å². The number of carboxylic acid groups (broad SMARTS) is 1. The van der Waals surface area contributed by atoms with Crippen molar-refractivity contribution in [2.24, 2.45) is 10.7 Å². The molecule has 0 aliphatic rings. The molecular weight excluding hydrogens is 240 g/mol. The van der Waals surface area contributed by atoms with Gasteiger partial charge in [-0.25, -0.2) is 4.79 Å². The third-order valence-electron chi connectivity index (χ3n) is 2.08. The Morgan fingerprint density at radius 3 is 2.47 bits per heavy atom. The second kappa shape index (κ2) is 9.18. The van der Waals surface area contributed by atoms with Gasteiger partial charge in [0.1, 0.15) is 6.04 Å². The molecule has 0 amide bonds. The zero-order chi connectivity index (χ0) is 13.3. The molecule has 0 aromatic rings. The summed E-state index contributed by atoms with van der Waals surface area (Å²) < 4.78 is 0. The van der Waals surface area contributed by atoms with E-state index >= 15 is 0 Å². The minimum atomic E-state index is -0.947. The largest absolute Gasteiger partial charge is 0.480 e. The summed E-state index contributed by atoms with van der Waals surface area (Å²) in [5, 5.41) is 9.53. The van der Waals surface area contributed by atoms with Crippen molar-refractivity contribution in [2.45, 2.75) is 45.6 Å². The number of hydrogen-bond acceptors (Lipinski definition) is 5. The highest BCUT2D eigenvalue weighted by Crippen LogP contribution is 2.13. The van der Waals surface area contributed by atoms with Gasteiger partial charge in [0.05, 0.1) is 5.04 Å². The highest BCUT2D eigenvalue weighted by molar-refractivity contribution is 8.26. The van der Waals surface area contributed by atoms with Crippen LogP contribution in [0, 0.1) is 0 Å². The van der Waals surface area contributed by atoms with E-state index in [1.165, 1.54) is 6.92 Å². The number of nitrogens with zero attached hydrogens (tertiary/aromatic N) is 1. The fourth-order valence-corrected chi connectivity index (χ4v) is 1.91. The van der Waals surface area contributed by atoms with Crippen molar-refractivity contribution in [3.05, 3.63) is 0 Å². The van der Waals surface area contributed by atoms with Gasteiger partial charge in [0, 0.05) is 6.92 Å². The van der Waals surface area contributed by atoms with Gasteiger partial charge in [0.2, 0.25) is 0 Å². The normalized spacial score (nSPS) is 13.5. The standard InChI is InChI=1S/C11H20N2O3S/c1-3-10(17-8(2)14)13-9(11(15)16)6-4-5-7-12/h9H,3-7,12H2,1-2H3,(H,15,16)/t9-/m0/s1. The number of carbonyl (C=O) groups excluding carboxylic acids is 1. The van der Waals surface area contributed by atoms with Gasteiger partial charge in [0.25, 0.3) is 0 Å². The van der Waals surface area contributed by atoms with Crippen molar-refractivity contribution in [1.29, 1.82) is 0 Å². The molecule has 0 saturated carbocycles. The van der Waals surface area contributed by atoms with Crippen LogP contribution in [0.3, 0.4) is 0 Å². The molecule has 0 aliphatic heterocycles. The lowest BCUT2D eigenvalue weighted by Crippen LogP contribution is -2.20. The Bertz CT molecular complexity index is 292. The molecule has 6 heteroatoms. The van der Waals surface area contributed by atoms with Crippen molar-refractivity contribution in [3.8, 4) is 0 Å². The van der Waals surface area contributed by atoms with Crippen molar-refractivity contribution in [3.63, 3.8) is 0 Å². The molecular formula is C11H20N2O3S. The van der Waals surface area contributed by atoms with E-state index in [4.69, 9.17) is 10.8 Å². The summed E-state index contributed by atoms with van der Waals surface area (Å²) in [5.41, 5.74) is 5.35. The first kappa shape index (κ1) is 16.1. The van der Waals surface area contributed by atoms with Crippen LogP contribution < -0.4 is 5.73 Å². The number of nitrogens with two attached hydrogens (primary N) is 1. The quantitative estimate of drug-likeness (QED) is 0.412. The molecule has 0 bridgehead atoms. The summed E-state index contributed by atoms with van der Waals surface area (Å²) >= 11 is 1.01. The Kier molecular flexibility index (Phi) is 8.71. The van der Waals surface area contributed by atoms with Gasteiger partial charge in [-0.05, 0) is 44.0 Å². The maximum absolute atomic E-state index is 11.0. The molecule has 0 rings (SSSR count). The van der Waals surface area contributed by atoms with Crippen molar-refractivity contribution in [2.75, 3.05) is 6.54 Å². The third kappa shape index (κ3) is 7.93. The minimum absolute atomic E-state index is 0.0725. The Morgan fingerprint density at radius 2 is 2.06 bits per heavy atom. The van der Waals surface area contributed by atoms with Crippen LogP contribution in [0.2, 0.25) is 0 Å². The van der Waals surface area contributed by atoms with Crippen LogP contribution in [0.4, 0.5) is 0 Å². The second-order valence-electron chi connectivity index (χ2n) is 3.61. The summed E-state index contributed by atoms with van der Waals surface area (Å²) in [6, 6.07) is -0.761. The van der Waals surface area contributed by atoms with E-state index in [1.807, 2.05) is 6.92 Å². The average Bonchev–Trinajstić information content (AvgIpc) is 2.25. The van der Waals surface area contributed by atoms with Crippen molar-refractivity contribution < 1.29 is 14.7 Å². The number of thioether (sulfide) groups is 1. The highest BCUT2D eigenvalue weighted by Gasteiger charge is 2.16. The molecule has 5 nitrogen and oxygen atoms in total. The first-order chi connectivity index (χ1) is 8.01. The Morgan fingerprint density at radius 1 is 1.41 bits per heavy atom. The van der Waals surface area contributed by atoms with Crippen molar-refractivity contribution in [1.82, 2.24) is 0 Å². The average molecular weight is 260 g/mol. The van der Waals surface area contributed by atoms with Crippen LogP contribution in [0.1, 0.15) is 39.5 Å². The van der Waals surface area contributed by atoms with Gasteiger partial charge in [-0.2, -0.15) is 0 Å². The van der Waals surface area contributed by atoms with Crippen LogP contribution in [-0.2, 0) is 9.59 Å². The highest BCUT2D eigenvalue weighted by atomic mass is 32.2. The van der Waals surface area contributed by atoms with Crippen LogP contribution in [-0.4, -0.2) is 33.8 Å². The lowest BCUT2D eigenvalue weighted by molar-refractivity contribution is -0.138. The number of aliphatic imine (C=N–C) groups is 1. The summed E-state index contributed by atoms with van der Waals surface area (Å²) in [6.45, 7) is 3.85. The van der Waals surface area contributed by atoms with Gasteiger partial charge in [-0.15, -0.1) is 0 Å². The van der Waals surface area contributed by atoms with Gasteiger partial charge < -0.3 is 10.8 Å². The maximum Gasteiger partial charge on any atom is 0.328 e. The molecule has 17 heavy (non-hydrogen) atoms. The van der Waals surface area contributed by atoms with E-state index in [-0.39, 0.29) is 5.12 Å². The fourth-order valence-electron chi connectivity index (χ4n) is 1.25. The SMILES string of the molecule is CCC(=N[C@@H](CCCCN)C(=O)O)SC(C)=O. The summed E-state index contributed by atoms with van der Waals surface area (Å²) in [5.74, 6) is -0.947. The number of carbonyl (C=O) groups is 2. The van der Waals surface area contributed by atoms with E-state index in [2.05, 4.69) is 4.99 Å². The first-order valence-corrected chi connectivity index (χ1v) is 6.50. The van der Waals surface area contributed by atoms with Crippen LogP contribution in [0.5, 0.6) is 0 Å². The summed E-state index contributed by atoms with van der Waals surface area (Å²) in [4.78, 5) is 26.1. The van der Waals surface area contributed by atoms with Gasteiger partial charge >= 0.3 is 5.97 Å². The van der Waals surface area contributed by atoms with E-state index < -0.39 is 12.0 Å². The molecule has 0 radical (unpaired) electrons. The van der Waals surface area contributed by atoms with Gasteiger partial charge in [-0.3, -0.25) is 9.79 Å². The molecule has 1 atom stereocenters. The molecule has 0 aromatic carbocycles. The van der Waals surface area contributed by atoms with E-state index in [9.17, 15) is 9.59 Å². The second-order valence-corrected chi connectivity index (χ2v) is 4.86. The topological polar surface area (TPSA) is 92.8 Å². The predicted molar refractivity (Wildman–Crippen MR) is 70.3 cm³/mol. The van der Waals surface area contributed by atoms with Crippen LogP contribution in [0.15, 0.2) is 4.99 Å². The van der Waals surface area contributed by atoms with E-state index in [0.717, 1.165) is 24.6 Å². The molecule has 0 spiro atoms. The van der Waals surface area contributed by atoms with E-state index in [0.29, 0.717) is 24.4 Å². The zero-order valence-corrected chi connectivity index (χ0v) is 11.1. The van der Waals surface area contributed by atoms with Gasteiger partial charge in [-0.1, -0.05) is 6.92 Å². The fraction of sp³-hybridized carbons (Fsp3) is 0.727. The van der Waals surface area contributed by atoms with Crippen LogP contribution in [0.25, 0.3) is 0 Å². The molecule has 0 aliphatic carbocycles. The molecule has 0 saturated heterocycles. The summed E-state index contributed by atoms with van der Waals surface area (Å²) in [6.07, 6.45) is 2.57. The predicted octanol–water partition coefficient (Wildman–Crippen LogP) is 1.66. The number of aliphatic carboxylic acids is 1. The molecule has 98 valence electrons. The molecule has 0 aromatic heterocycles. The Labute approximate surface area is 106 Å². The smallest absolute Gasteiger partial charge is 0.328 e. The first-order valence-electron chi connectivity index (χ1n) is 5.69. The lowest BCUT2D eigenvalue weighted by Gasteiger charge is -2.09. The zero-order valence-electron chi connectivity index (χ0n) is 10.3. The Hall–Kier alpha value is -0.880. The lowest BCUT2D eigenvalue weighted by atomic mass is 10.1. The summed E-state index contributed by atoms with van der Waals surface area (Å²) in [7, 11) is 0. The monoisotopic (exact) mass is 260 g/mol. The van der Waals surface area contributed by atoms with Crippen molar-refractivity contribution >= 4 is 27.9 Å². The number of rotatable bonds is 7. The number of carboxylic acids is 1. The maximum atomic E-state index is 11.0. The number of unbranched alkanes of at least 4 members (excludes halogenated alkanes) is 1. The Balaban J connectivity index is 4.51. The van der Waals surface area contributed by atoms with E-state index in [1.54, 1.807) is 0 Å². The molecule has 0 heterocycles. The number of hydrogen-bond donors (Lipinski definition) is 2. The van der Waals surface area contributed by atoms with Crippen LogP contribution >= 0.6 is 11.8 Å². The molecule has 0 unspecified atom stereocenters. The molecule has 3 N–H and O–H groups in total. The third-order valence-corrected chi connectivity index (χ3v) is 3.00. The minimum Gasteiger partial charge on any atom is -0.480 e. The molecule has 0 fully saturated rings.